The van der Waals surface area contributed by atoms with Gasteiger partial charge in [-0.3, -0.25) is 4.79 Å². The molecule has 17 unspecified atom stereocenters. The minimum atomic E-state index is -1.97. The van der Waals surface area contributed by atoms with Crippen LogP contribution in [0.5, 0.6) is 0 Å². The van der Waals surface area contributed by atoms with Gasteiger partial charge in [0.25, 0.3) is 0 Å². The Kier molecular flexibility index (Phi) is 52.3. The molecule has 3 heterocycles. The van der Waals surface area contributed by atoms with Gasteiger partial charge in [0.05, 0.1) is 38.6 Å². The lowest BCUT2D eigenvalue weighted by molar-refractivity contribution is -0.379. The van der Waals surface area contributed by atoms with Crippen LogP contribution in [0, 0.1) is 0 Å². The highest BCUT2D eigenvalue weighted by molar-refractivity contribution is 5.76. The van der Waals surface area contributed by atoms with Gasteiger partial charge < -0.3 is 89.9 Å². The van der Waals surface area contributed by atoms with Crippen molar-refractivity contribution in [3.8, 4) is 0 Å². The maximum atomic E-state index is 13.5. The van der Waals surface area contributed by atoms with Crippen molar-refractivity contribution in [1.82, 2.24) is 5.32 Å². The molecule has 0 aromatic carbocycles. The first-order valence-electron chi connectivity index (χ1n) is 38.8. The second kappa shape index (κ2) is 56.5. The van der Waals surface area contributed by atoms with Crippen LogP contribution in [0.15, 0.2) is 0 Å². The number of hydrogen-bond acceptors (Lipinski definition) is 18. The summed E-state index contributed by atoms with van der Waals surface area (Å²) >= 11 is 0. The first kappa shape index (κ1) is 86.0. The monoisotopic (exact) mass is 1330 g/mol. The van der Waals surface area contributed by atoms with Crippen molar-refractivity contribution in [2.45, 2.75) is 439 Å². The molecular weight excluding hydrogens is 1190 g/mol. The largest absolute Gasteiger partial charge is 0.394 e. The van der Waals surface area contributed by atoms with E-state index in [1.54, 1.807) is 0 Å². The van der Waals surface area contributed by atoms with Gasteiger partial charge in [-0.15, -0.1) is 0 Å². The number of nitrogens with one attached hydrogen (secondary N) is 1. The maximum Gasteiger partial charge on any atom is 0.220 e. The number of carbonyl (C=O) groups excluding carboxylic acids is 1. The molecule has 0 aromatic heterocycles. The van der Waals surface area contributed by atoms with Crippen LogP contribution in [0.2, 0.25) is 0 Å². The Bertz CT molecular complexity index is 1690. The zero-order valence-corrected chi connectivity index (χ0v) is 58.8. The van der Waals surface area contributed by atoms with Crippen LogP contribution in [0.25, 0.3) is 0 Å². The molecule has 0 radical (unpaired) electrons. The number of rotatable bonds is 62. The zero-order valence-electron chi connectivity index (χ0n) is 58.8. The standard InChI is InChI=1S/C74H143NO18/c1-3-5-7-9-11-13-15-17-19-21-23-25-27-28-30-32-34-36-38-40-42-44-46-48-50-52-62(80)75-57(58(79)51-49-47-45-43-41-39-37-35-33-31-29-26-24-22-20-18-16-14-12-10-8-6-4-2)56-88-72-68(86)65(83)70(60(54-77)90-72)93-74-69(87)66(84)71(61(55-78)91-74)92-73-67(85)64(82)63(81)59(53-76)89-73/h57-61,63-74,76-79,81-87H,3-56H2,1-2H3,(H,75,80). The van der Waals surface area contributed by atoms with Gasteiger partial charge in [0.2, 0.25) is 5.91 Å². The number of aliphatic hydroxyl groups is 11. The SMILES string of the molecule is CCCCCCCCCCCCCCCCCCCCCCCCCCCC(=O)NC(COC1OC(CO)C(OC2OC(CO)C(OC3OC(CO)C(O)C(O)C3O)C(O)C2O)C(O)C1O)C(O)CCCCCCCCCCCCCCCCCCCCCCCCC. The van der Waals surface area contributed by atoms with Crippen molar-refractivity contribution in [2.24, 2.45) is 0 Å². The number of aliphatic hydroxyl groups excluding tert-OH is 11. The molecule has 0 bridgehead atoms. The quantitative estimate of drug-likeness (QED) is 0.0252. The fourth-order valence-corrected chi connectivity index (χ4v) is 13.7. The smallest absolute Gasteiger partial charge is 0.220 e. The summed E-state index contributed by atoms with van der Waals surface area (Å²) in [5, 5.41) is 121. The van der Waals surface area contributed by atoms with Crippen LogP contribution in [-0.4, -0.2) is 193 Å². The lowest BCUT2D eigenvalue weighted by Crippen LogP contribution is -2.66. The van der Waals surface area contributed by atoms with Gasteiger partial charge in [-0.1, -0.05) is 316 Å². The van der Waals surface area contributed by atoms with Gasteiger partial charge >= 0.3 is 0 Å². The second-order valence-electron chi connectivity index (χ2n) is 28.2. The highest BCUT2D eigenvalue weighted by atomic mass is 16.8. The minimum absolute atomic E-state index is 0.233. The molecule has 12 N–H and O–H groups in total. The molecule has 0 aliphatic carbocycles. The lowest BCUT2D eigenvalue weighted by Gasteiger charge is -2.48. The highest BCUT2D eigenvalue weighted by Crippen LogP contribution is 2.33. The summed E-state index contributed by atoms with van der Waals surface area (Å²) in [7, 11) is 0. The van der Waals surface area contributed by atoms with Crippen LogP contribution >= 0.6 is 0 Å². The van der Waals surface area contributed by atoms with Crippen LogP contribution in [0.4, 0.5) is 0 Å². The fourth-order valence-electron chi connectivity index (χ4n) is 13.7. The first-order valence-corrected chi connectivity index (χ1v) is 38.8. The summed E-state index contributed by atoms with van der Waals surface area (Å²) in [6.07, 6.45) is 36.1. The molecule has 17 atom stereocenters. The van der Waals surface area contributed by atoms with Crippen molar-refractivity contribution < 1.29 is 89.4 Å². The molecule has 0 saturated carbocycles. The van der Waals surface area contributed by atoms with Crippen LogP contribution < -0.4 is 5.32 Å². The summed E-state index contributed by atoms with van der Waals surface area (Å²) in [4.78, 5) is 13.5. The Morgan fingerprint density at radius 2 is 0.613 bits per heavy atom. The van der Waals surface area contributed by atoms with Gasteiger partial charge in [0.1, 0.15) is 73.2 Å². The molecule has 3 aliphatic heterocycles. The number of carbonyl (C=O) groups is 1. The average molecular weight is 1330 g/mol. The van der Waals surface area contributed by atoms with Gasteiger partial charge in [-0.2, -0.15) is 0 Å². The third kappa shape index (κ3) is 37.7. The summed E-state index contributed by atoms with van der Waals surface area (Å²) in [6.45, 7) is 1.87. The minimum Gasteiger partial charge on any atom is -0.394 e. The number of unbranched alkanes of at least 4 members (excludes halogenated alkanes) is 46. The van der Waals surface area contributed by atoms with E-state index in [1.807, 2.05) is 0 Å². The van der Waals surface area contributed by atoms with E-state index < -0.39 is 124 Å². The van der Waals surface area contributed by atoms with E-state index in [0.29, 0.717) is 12.8 Å². The molecule has 93 heavy (non-hydrogen) atoms. The van der Waals surface area contributed by atoms with Gasteiger partial charge in [-0.05, 0) is 12.8 Å². The average Bonchev–Trinajstić information content (AvgIpc) is 0.819. The normalized spacial score (nSPS) is 27.4. The molecule has 0 aromatic rings. The predicted octanol–water partition coefficient (Wildman–Crippen LogP) is 11.8. The summed E-state index contributed by atoms with van der Waals surface area (Å²) in [5.74, 6) is -0.233. The Labute approximate surface area is 563 Å². The van der Waals surface area contributed by atoms with Gasteiger partial charge in [-0.25, -0.2) is 0 Å². The van der Waals surface area contributed by atoms with E-state index in [-0.39, 0.29) is 18.9 Å². The topological polar surface area (TPSA) is 307 Å². The Balaban J connectivity index is 1.39. The van der Waals surface area contributed by atoms with E-state index in [9.17, 15) is 61.0 Å². The van der Waals surface area contributed by atoms with Crippen LogP contribution in [-0.2, 0) is 33.2 Å². The predicted molar refractivity (Wildman–Crippen MR) is 365 cm³/mol. The van der Waals surface area contributed by atoms with Crippen molar-refractivity contribution in [1.29, 1.82) is 0 Å². The van der Waals surface area contributed by atoms with E-state index in [1.165, 1.54) is 257 Å². The number of ether oxygens (including phenoxy) is 6. The first-order chi connectivity index (χ1) is 45.3. The molecule has 3 aliphatic rings. The third-order valence-electron chi connectivity index (χ3n) is 19.9. The van der Waals surface area contributed by atoms with Crippen molar-refractivity contribution in [3.05, 3.63) is 0 Å². The Morgan fingerprint density at radius 1 is 0.344 bits per heavy atom. The third-order valence-corrected chi connectivity index (χ3v) is 19.9. The molecule has 19 nitrogen and oxygen atoms in total. The molecule has 1 amide bonds. The molecule has 19 heteroatoms. The second-order valence-corrected chi connectivity index (χ2v) is 28.2. The number of hydrogen-bond donors (Lipinski definition) is 12. The van der Waals surface area contributed by atoms with E-state index in [0.717, 1.165) is 44.9 Å². The maximum absolute atomic E-state index is 13.5. The molecule has 552 valence electrons. The van der Waals surface area contributed by atoms with E-state index in [4.69, 9.17) is 28.4 Å². The zero-order chi connectivity index (χ0) is 67.5. The van der Waals surface area contributed by atoms with Crippen molar-refractivity contribution >= 4 is 5.91 Å². The summed E-state index contributed by atoms with van der Waals surface area (Å²) in [5.41, 5.74) is 0. The Morgan fingerprint density at radius 3 is 0.935 bits per heavy atom. The number of amides is 1. The van der Waals surface area contributed by atoms with E-state index in [2.05, 4.69) is 19.2 Å². The van der Waals surface area contributed by atoms with E-state index >= 15 is 0 Å². The summed E-state index contributed by atoms with van der Waals surface area (Å²) < 4.78 is 34.5. The van der Waals surface area contributed by atoms with Gasteiger partial charge in [0.15, 0.2) is 18.9 Å². The fraction of sp³-hybridized carbons (Fsp3) is 0.986. The van der Waals surface area contributed by atoms with Crippen molar-refractivity contribution in [2.75, 3.05) is 26.4 Å². The Hall–Kier alpha value is -1.21. The molecule has 3 fully saturated rings. The van der Waals surface area contributed by atoms with Crippen LogP contribution in [0.1, 0.15) is 335 Å². The highest BCUT2D eigenvalue weighted by Gasteiger charge is 2.54. The van der Waals surface area contributed by atoms with Crippen molar-refractivity contribution in [3.63, 3.8) is 0 Å². The van der Waals surface area contributed by atoms with Crippen LogP contribution in [0.3, 0.4) is 0 Å². The molecule has 3 saturated heterocycles. The molecule has 3 rings (SSSR count). The lowest BCUT2D eigenvalue weighted by atomic mass is 9.96. The summed E-state index contributed by atoms with van der Waals surface area (Å²) in [6, 6.07) is -0.883. The van der Waals surface area contributed by atoms with Gasteiger partial charge in [0, 0.05) is 6.42 Å². The molecular formula is C74H143NO18. The molecule has 0 spiro atoms.